The van der Waals surface area contributed by atoms with E-state index in [2.05, 4.69) is 4.90 Å². The molecule has 14 heavy (non-hydrogen) atoms. The second-order valence-corrected chi connectivity index (χ2v) is 5.02. The van der Waals surface area contributed by atoms with Crippen molar-refractivity contribution in [1.29, 1.82) is 0 Å². The van der Waals surface area contributed by atoms with Gasteiger partial charge in [-0.05, 0) is 19.3 Å². The van der Waals surface area contributed by atoms with Gasteiger partial charge in [0.15, 0.2) is 5.12 Å². The quantitative estimate of drug-likeness (QED) is 0.682. The van der Waals surface area contributed by atoms with Crippen molar-refractivity contribution < 1.29 is 9.59 Å². The molecule has 2 heterocycles. The number of carbonyl (C=O) groups is 2. The number of rotatable bonds is 1. The summed E-state index contributed by atoms with van der Waals surface area (Å²) in [7, 11) is 0. The molecule has 0 aromatic rings. The highest BCUT2D eigenvalue weighted by Crippen LogP contribution is 2.35. The smallest absolute Gasteiger partial charge is 0.234 e. The van der Waals surface area contributed by atoms with Gasteiger partial charge in [0.25, 0.3) is 0 Å². The minimum atomic E-state index is -0.248. The van der Waals surface area contributed by atoms with Crippen molar-refractivity contribution in [3.05, 3.63) is 0 Å². The fourth-order valence-electron chi connectivity index (χ4n) is 2.18. The van der Waals surface area contributed by atoms with Crippen LogP contribution in [0.3, 0.4) is 0 Å². The first-order valence-corrected chi connectivity index (χ1v) is 5.81. The molecule has 2 unspecified atom stereocenters. The topological polar surface area (TPSA) is 63.4 Å². The van der Waals surface area contributed by atoms with Gasteiger partial charge in [0.2, 0.25) is 5.91 Å². The van der Waals surface area contributed by atoms with Crippen LogP contribution < -0.4 is 5.73 Å². The van der Waals surface area contributed by atoms with Crippen LogP contribution in [0.1, 0.15) is 25.7 Å². The Morgan fingerprint density at radius 1 is 1.50 bits per heavy atom. The van der Waals surface area contributed by atoms with E-state index < -0.39 is 0 Å². The average Bonchev–Trinajstić information content (AvgIpc) is 2.41. The first kappa shape index (κ1) is 9.98. The summed E-state index contributed by atoms with van der Waals surface area (Å²) < 4.78 is 0. The third kappa shape index (κ3) is 1.79. The van der Waals surface area contributed by atoms with E-state index in [0.717, 1.165) is 25.8 Å². The highest BCUT2D eigenvalue weighted by Gasteiger charge is 2.39. The molecule has 2 rings (SSSR count). The van der Waals surface area contributed by atoms with Crippen LogP contribution >= 0.6 is 11.8 Å². The van der Waals surface area contributed by atoms with Crippen LogP contribution in [0, 0.1) is 0 Å². The lowest BCUT2D eigenvalue weighted by atomic mass is 10.2. The van der Waals surface area contributed by atoms with Crippen molar-refractivity contribution in [3.63, 3.8) is 0 Å². The summed E-state index contributed by atoms with van der Waals surface area (Å²) in [6.07, 6.45) is 3.19. The second kappa shape index (κ2) is 3.90. The molecule has 0 radical (unpaired) electrons. The predicted octanol–water partition coefficient (Wildman–Crippen LogP) is 0.316. The van der Waals surface area contributed by atoms with Gasteiger partial charge in [-0.1, -0.05) is 11.8 Å². The Morgan fingerprint density at radius 2 is 2.29 bits per heavy atom. The van der Waals surface area contributed by atoms with E-state index in [4.69, 9.17) is 5.73 Å². The van der Waals surface area contributed by atoms with Gasteiger partial charge in [-0.25, -0.2) is 0 Å². The van der Waals surface area contributed by atoms with Gasteiger partial charge in [-0.3, -0.25) is 14.5 Å². The third-order valence-corrected chi connectivity index (χ3v) is 4.10. The van der Waals surface area contributed by atoms with Gasteiger partial charge >= 0.3 is 0 Å². The molecule has 2 fully saturated rings. The number of hydrogen-bond donors (Lipinski definition) is 1. The molecule has 5 heteroatoms. The lowest BCUT2D eigenvalue weighted by Crippen LogP contribution is -2.42. The van der Waals surface area contributed by atoms with Crippen LogP contribution in [0.25, 0.3) is 0 Å². The lowest BCUT2D eigenvalue weighted by molar-refractivity contribution is -0.122. The van der Waals surface area contributed by atoms with Crippen LogP contribution in [0.2, 0.25) is 0 Å². The molecule has 2 N–H and O–H groups in total. The van der Waals surface area contributed by atoms with Gasteiger partial charge in [0, 0.05) is 13.0 Å². The molecule has 0 aliphatic carbocycles. The number of primary amides is 1. The summed E-state index contributed by atoms with van der Waals surface area (Å²) in [6, 6.07) is -0.140. The Balaban J connectivity index is 2.10. The molecule has 78 valence electrons. The first-order valence-electron chi connectivity index (χ1n) is 4.93. The lowest BCUT2D eigenvalue weighted by Gasteiger charge is -2.24. The molecule has 1 amide bonds. The van der Waals surface area contributed by atoms with Crippen LogP contribution in [-0.2, 0) is 9.59 Å². The van der Waals surface area contributed by atoms with E-state index >= 15 is 0 Å². The normalized spacial score (nSPS) is 33.9. The van der Waals surface area contributed by atoms with E-state index in [1.54, 1.807) is 0 Å². The number of nitrogens with zero attached hydrogens (tertiary/aromatic N) is 1. The number of hydrogen-bond acceptors (Lipinski definition) is 4. The van der Waals surface area contributed by atoms with Crippen LogP contribution in [-0.4, -0.2) is 33.9 Å². The maximum absolute atomic E-state index is 11.3. The molecule has 0 aromatic carbocycles. The number of thioether (sulfide) groups is 1. The molecule has 0 bridgehead atoms. The molecule has 0 saturated carbocycles. The standard InChI is InChI=1S/C9H14N2O2S/c10-9(13)6-3-4-7-11(6)5-1-2-8(12)14-7/h6-7H,1-5H2,(H2,10,13). The molecule has 2 aliphatic heterocycles. The SMILES string of the molecule is NC(=O)C1CCC2SC(=O)CCCN21. The van der Waals surface area contributed by atoms with E-state index in [9.17, 15) is 9.59 Å². The zero-order chi connectivity index (χ0) is 10.1. The molecule has 0 spiro atoms. The second-order valence-electron chi connectivity index (χ2n) is 3.78. The van der Waals surface area contributed by atoms with Crippen molar-refractivity contribution in [2.24, 2.45) is 5.73 Å². The van der Waals surface area contributed by atoms with Crippen molar-refractivity contribution >= 4 is 22.8 Å². The Morgan fingerprint density at radius 3 is 3.00 bits per heavy atom. The number of nitrogens with two attached hydrogens (primary N) is 1. The van der Waals surface area contributed by atoms with Crippen molar-refractivity contribution in [2.75, 3.05) is 6.54 Å². The molecular formula is C9H14N2O2S. The van der Waals surface area contributed by atoms with E-state index in [-0.39, 0.29) is 22.4 Å². The Bertz CT molecular complexity index is 270. The highest BCUT2D eigenvalue weighted by molar-refractivity contribution is 8.14. The largest absolute Gasteiger partial charge is 0.368 e. The minimum absolute atomic E-state index is 0.140. The zero-order valence-corrected chi connectivity index (χ0v) is 8.76. The van der Waals surface area contributed by atoms with Crippen LogP contribution in [0.5, 0.6) is 0 Å². The number of carbonyl (C=O) groups excluding carboxylic acids is 2. The monoisotopic (exact) mass is 214 g/mol. The van der Waals surface area contributed by atoms with Crippen LogP contribution in [0.4, 0.5) is 0 Å². The summed E-state index contributed by atoms with van der Waals surface area (Å²) in [5.41, 5.74) is 5.32. The highest BCUT2D eigenvalue weighted by atomic mass is 32.2. The molecule has 4 nitrogen and oxygen atoms in total. The van der Waals surface area contributed by atoms with E-state index in [0.29, 0.717) is 6.42 Å². The Labute approximate surface area is 87.2 Å². The third-order valence-electron chi connectivity index (χ3n) is 2.85. The molecular weight excluding hydrogens is 200 g/mol. The molecule has 2 aliphatic rings. The average molecular weight is 214 g/mol. The number of amides is 1. The first-order chi connectivity index (χ1) is 6.68. The van der Waals surface area contributed by atoms with Crippen molar-refractivity contribution in [3.8, 4) is 0 Å². The summed E-state index contributed by atoms with van der Waals surface area (Å²) in [4.78, 5) is 24.6. The van der Waals surface area contributed by atoms with Gasteiger partial charge in [0.1, 0.15) is 0 Å². The van der Waals surface area contributed by atoms with Crippen LogP contribution in [0.15, 0.2) is 0 Å². The fourth-order valence-corrected chi connectivity index (χ4v) is 3.39. The Hall–Kier alpha value is -0.550. The number of fused-ring (bicyclic) bond motifs is 1. The molecule has 2 atom stereocenters. The van der Waals surface area contributed by atoms with Crippen molar-refractivity contribution in [1.82, 2.24) is 4.90 Å². The van der Waals surface area contributed by atoms with Gasteiger partial charge in [0.05, 0.1) is 11.4 Å². The van der Waals surface area contributed by atoms with E-state index in [1.165, 1.54) is 11.8 Å². The van der Waals surface area contributed by atoms with Gasteiger partial charge in [-0.15, -0.1) is 0 Å². The zero-order valence-electron chi connectivity index (χ0n) is 7.94. The summed E-state index contributed by atoms with van der Waals surface area (Å²) in [5.74, 6) is -0.248. The summed E-state index contributed by atoms with van der Waals surface area (Å²) in [5, 5.41) is 0.449. The summed E-state index contributed by atoms with van der Waals surface area (Å²) in [6.45, 7) is 0.830. The van der Waals surface area contributed by atoms with E-state index in [1.807, 2.05) is 0 Å². The fraction of sp³-hybridized carbons (Fsp3) is 0.778. The van der Waals surface area contributed by atoms with Gasteiger partial charge in [-0.2, -0.15) is 0 Å². The predicted molar refractivity (Wildman–Crippen MR) is 54.5 cm³/mol. The summed E-state index contributed by atoms with van der Waals surface area (Å²) >= 11 is 1.38. The minimum Gasteiger partial charge on any atom is -0.368 e. The molecule has 2 saturated heterocycles. The van der Waals surface area contributed by atoms with Crippen molar-refractivity contribution in [2.45, 2.75) is 37.1 Å². The maximum atomic E-state index is 11.3. The van der Waals surface area contributed by atoms with Gasteiger partial charge < -0.3 is 5.73 Å². The Kier molecular flexibility index (Phi) is 2.78. The molecule has 0 aromatic heterocycles. The maximum Gasteiger partial charge on any atom is 0.234 e.